The summed E-state index contributed by atoms with van der Waals surface area (Å²) in [5, 5.41) is 0. The summed E-state index contributed by atoms with van der Waals surface area (Å²) in [6, 6.07) is 0. The van der Waals surface area contributed by atoms with Crippen molar-refractivity contribution < 1.29 is 14.3 Å². The molecule has 0 amide bonds. The van der Waals surface area contributed by atoms with Crippen LogP contribution in [0.5, 0.6) is 0 Å². The van der Waals surface area contributed by atoms with E-state index < -0.39 is 0 Å². The second-order valence-corrected chi connectivity index (χ2v) is 6.32. The summed E-state index contributed by atoms with van der Waals surface area (Å²) < 4.78 is 11.3. The number of carbonyl (C=O) groups excluding carboxylic acids is 1. The van der Waals surface area contributed by atoms with Gasteiger partial charge in [-0.15, -0.1) is 0 Å². The quantitative estimate of drug-likeness (QED) is 0.535. The summed E-state index contributed by atoms with van der Waals surface area (Å²) in [6.07, 6.45) is 12.7. The highest BCUT2D eigenvalue weighted by Gasteiger charge is 2.12. The maximum absolute atomic E-state index is 10.9. The smallest absolute Gasteiger partial charge is 0.157 e. The summed E-state index contributed by atoms with van der Waals surface area (Å²) in [5.41, 5.74) is 2.75. The van der Waals surface area contributed by atoms with Gasteiger partial charge in [0.25, 0.3) is 0 Å². The van der Waals surface area contributed by atoms with E-state index in [2.05, 4.69) is 26.0 Å². The molecule has 0 N–H and O–H groups in total. The predicted molar refractivity (Wildman–Crippen MR) is 90.8 cm³/mol. The first-order valence-corrected chi connectivity index (χ1v) is 8.62. The van der Waals surface area contributed by atoms with Crippen LogP contribution in [0.3, 0.4) is 0 Å². The lowest BCUT2D eigenvalue weighted by Crippen LogP contribution is -2.22. The van der Waals surface area contributed by atoms with Crippen molar-refractivity contribution in [1.82, 2.24) is 0 Å². The molecule has 1 saturated heterocycles. The van der Waals surface area contributed by atoms with Gasteiger partial charge in [-0.25, -0.2) is 0 Å². The Balaban J connectivity index is 2.11. The Bertz CT molecular complexity index is 376. The van der Waals surface area contributed by atoms with E-state index in [1.165, 1.54) is 17.6 Å². The van der Waals surface area contributed by atoms with E-state index in [1.807, 2.05) is 0 Å². The first-order chi connectivity index (χ1) is 10.6. The van der Waals surface area contributed by atoms with Crippen LogP contribution in [0.4, 0.5) is 0 Å². The number of carbonyl (C=O) groups is 1. The van der Waals surface area contributed by atoms with E-state index in [9.17, 15) is 4.79 Å². The third-order valence-corrected chi connectivity index (χ3v) is 3.98. The molecule has 3 heteroatoms. The van der Waals surface area contributed by atoms with Gasteiger partial charge in [0, 0.05) is 13.0 Å². The molecular formula is C19H32O3. The molecular weight excluding hydrogens is 276 g/mol. The Kier molecular flexibility index (Phi) is 10.1. The Hall–Kier alpha value is -0.930. The van der Waals surface area contributed by atoms with Gasteiger partial charge in [-0.3, -0.25) is 0 Å². The number of rotatable bonds is 10. The first-order valence-electron chi connectivity index (χ1n) is 8.62. The molecule has 1 aliphatic heterocycles. The van der Waals surface area contributed by atoms with Crippen molar-refractivity contribution in [3.63, 3.8) is 0 Å². The second kappa shape index (κ2) is 11.6. The van der Waals surface area contributed by atoms with Crippen molar-refractivity contribution >= 4 is 5.78 Å². The van der Waals surface area contributed by atoms with E-state index in [0.29, 0.717) is 13.0 Å². The summed E-state index contributed by atoms with van der Waals surface area (Å²) in [4.78, 5) is 10.9. The SMILES string of the molecule is CC(=O)CCC/C(C)=C/CC/C(C)=C/COC1CCCCO1. The van der Waals surface area contributed by atoms with Crippen molar-refractivity contribution in [2.45, 2.75) is 78.4 Å². The zero-order chi connectivity index (χ0) is 16.2. The lowest BCUT2D eigenvalue weighted by Gasteiger charge is -2.22. The molecule has 1 rings (SSSR count). The van der Waals surface area contributed by atoms with Crippen molar-refractivity contribution in [1.29, 1.82) is 0 Å². The number of allylic oxidation sites excluding steroid dienone is 3. The maximum atomic E-state index is 10.9. The molecule has 0 aromatic carbocycles. The molecule has 1 unspecified atom stereocenters. The van der Waals surface area contributed by atoms with Gasteiger partial charge in [0.2, 0.25) is 0 Å². The van der Waals surface area contributed by atoms with Gasteiger partial charge in [0.1, 0.15) is 5.78 Å². The van der Waals surface area contributed by atoms with E-state index in [0.717, 1.165) is 45.1 Å². The molecule has 0 spiro atoms. The third-order valence-electron chi connectivity index (χ3n) is 3.98. The fraction of sp³-hybridized carbons (Fsp3) is 0.737. The molecule has 0 aliphatic carbocycles. The average Bonchev–Trinajstić information content (AvgIpc) is 2.48. The van der Waals surface area contributed by atoms with Gasteiger partial charge in [-0.2, -0.15) is 0 Å². The minimum Gasteiger partial charge on any atom is -0.353 e. The molecule has 22 heavy (non-hydrogen) atoms. The first kappa shape index (κ1) is 19.1. The van der Waals surface area contributed by atoms with Crippen LogP contribution in [0.15, 0.2) is 23.3 Å². The maximum Gasteiger partial charge on any atom is 0.157 e. The molecule has 3 nitrogen and oxygen atoms in total. The Labute approximate surface area is 135 Å². The molecule has 0 aromatic heterocycles. The highest BCUT2D eigenvalue weighted by molar-refractivity contribution is 5.75. The highest BCUT2D eigenvalue weighted by Crippen LogP contribution is 2.15. The van der Waals surface area contributed by atoms with Gasteiger partial charge in [-0.05, 0) is 65.7 Å². The van der Waals surface area contributed by atoms with Gasteiger partial charge >= 0.3 is 0 Å². The molecule has 1 aliphatic rings. The predicted octanol–water partition coefficient (Wildman–Crippen LogP) is 4.96. The van der Waals surface area contributed by atoms with Gasteiger partial charge in [0.15, 0.2) is 6.29 Å². The van der Waals surface area contributed by atoms with E-state index in [4.69, 9.17) is 9.47 Å². The Morgan fingerprint density at radius 1 is 1.09 bits per heavy atom. The van der Waals surface area contributed by atoms with Crippen molar-refractivity contribution in [2.24, 2.45) is 0 Å². The molecule has 0 radical (unpaired) electrons. The number of Topliss-reactive ketones (excluding diaryl/α,β-unsaturated/α-hetero) is 1. The summed E-state index contributed by atoms with van der Waals surface area (Å²) in [6.45, 7) is 7.46. The zero-order valence-electron chi connectivity index (χ0n) is 14.5. The lowest BCUT2D eigenvalue weighted by molar-refractivity contribution is -0.155. The standard InChI is InChI=1S/C19H32O3/c1-16(10-7-11-18(3)20)8-6-9-17(2)13-15-22-19-12-4-5-14-21-19/h8,13,19H,4-7,9-12,14-15H2,1-3H3/b16-8+,17-13+. The van der Waals surface area contributed by atoms with Crippen LogP contribution < -0.4 is 0 Å². The Morgan fingerprint density at radius 3 is 2.55 bits per heavy atom. The molecule has 1 heterocycles. The van der Waals surface area contributed by atoms with Crippen LogP contribution >= 0.6 is 0 Å². The number of ether oxygens (including phenoxy) is 2. The van der Waals surface area contributed by atoms with Crippen molar-refractivity contribution in [3.05, 3.63) is 23.3 Å². The largest absolute Gasteiger partial charge is 0.353 e. The molecule has 126 valence electrons. The number of hydrogen-bond acceptors (Lipinski definition) is 3. The minimum absolute atomic E-state index is 0.00113. The summed E-state index contributed by atoms with van der Waals surface area (Å²) >= 11 is 0. The molecule has 0 aromatic rings. The minimum atomic E-state index is 0.00113. The third kappa shape index (κ3) is 9.91. The summed E-state index contributed by atoms with van der Waals surface area (Å²) in [7, 11) is 0. The van der Waals surface area contributed by atoms with E-state index in [1.54, 1.807) is 6.92 Å². The van der Waals surface area contributed by atoms with E-state index in [-0.39, 0.29) is 12.1 Å². The molecule has 0 bridgehead atoms. The number of ketones is 1. The van der Waals surface area contributed by atoms with Crippen LogP contribution in [0.1, 0.15) is 72.1 Å². The van der Waals surface area contributed by atoms with Crippen LogP contribution in [-0.2, 0) is 14.3 Å². The van der Waals surface area contributed by atoms with Crippen molar-refractivity contribution in [2.75, 3.05) is 13.2 Å². The molecule has 1 atom stereocenters. The van der Waals surface area contributed by atoms with Gasteiger partial charge < -0.3 is 14.3 Å². The molecule has 1 fully saturated rings. The topological polar surface area (TPSA) is 35.5 Å². The van der Waals surface area contributed by atoms with Crippen LogP contribution in [-0.4, -0.2) is 25.3 Å². The van der Waals surface area contributed by atoms with E-state index >= 15 is 0 Å². The molecule has 0 saturated carbocycles. The monoisotopic (exact) mass is 308 g/mol. The van der Waals surface area contributed by atoms with Crippen molar-refractivity contribution in [3.8, 4) is 0 Å². The summed E-state index contributed by atoms with van der Waals surface area (Å²) in [5.74, 6) is 0.286. The lowest BCUT2D eigenvalue weighted by atomic mass is 10.1. The van der Waals surface area contributed by atoms with Gasteiger partial charge in [-0.1, -0.05) is 23.3 Å². The average molecular weight is 308 g/mol. The van der Waals surface area contributed by atoms with Crippen LogP contribution in [0, 0.1) is 0 Å². The fourth-order valence-electron chi connectivity index (χ4n) is 2.51. The normalized spacial score (nSPS) is 20.2. The van der Waals surface area contributed by atoms with Crippen LogP contribution in [0.25, 0.3) is 0 Å². The fourth-order valence-corrected chi connectivity index (χ4v) is 2.51. The Morgan fingerprint density at radius 2 is 1.86 bits per heavy atom. The van der Waals surface area contributed by atoms with Crippen LogP contribution in [0.2, 0.25) is 0 Å². The zero-order valence-corrected chi connectivity index (χ0v) is 14.5. The van der Waals surface area contributed by atoms with Gasteiger partial charge in [0.05, 0.1) is 6.61 Å². The highest BCUT2D eigenvalue weighted by atomic mass is 16.7. The second-order valence-electron chi connectivity index (χ2n) is 6.32. The number of hydrogen-bond donors (Lipinski definition) is 0.